The van der Waals surface area contributed by atoms with Gasteiger partial charge in [0.2, 0.25) is 0 Å². The predicted molar refractivity (Wildman–Crippen MR) is 62.3 cm³/mol. The Morgan fingerprint density at radius 1 is 1.21 bits per heavy atom. The Morgan fingerprint density at radius 2 is 1.86 bits per heavy atom. The summed E-state index contributed by atoms with van der Waals surface area (Å²) in [5.41, 5.74) is 6.05. The second-order valence-electron chi connectivity index (χ2n) is 5.05. The molecule has 0 aliphatic carbocycles. The van der Waals surface area contributed by atoms with E-state index in [0.29, 0.717) is 11.3 Å². The third-order valence-corrected chi connectivity index (χ3v) is 2.76. The molecule has 0 aliphatic rings. The average molecular weight is 201 g/mol. The van der Waals surface area contributed by atoms with Gasteiger partial charge in [-0.25, -0.2) is 0 Å². The van der Waals surface area contributed by atoms with Crippen molar-refractivity contribution < 1.29 is 4.74 Å². The number of hydrogen-bond donors (Lipinski definition) is 1. The van der Waals surface area contributed by atoms with Crippen molar-refractivity contribution in [3.05, 3.63) is 0 Å². The molecule has 0 fully saturated rings. The summed E-state index contributed by atoms with van der Waals surface area (Å²) >= 11 is 0. The maximum absolute atomic E-state index is 5.74. The highest BCUT2D eigenvalue weighted by Crippen LogP contribution is 2.27. The third-order valence-electron chi connectivity index (χ3n) is 2.76. The van der Waals surface area contributed by atoms with Crippen molar-refractivity contribution in [3.63, 3.8) is 0 Å². The molecular weight excluding hydrogens is 174 g/mol. The lowest BCUT2D eigenvalue weighted by atomic mass is 9.79. The van der Waals surface area contributed by atoms with Crippen LogP contribution in [0, 0.1) is 11.3 Å². The van der Waals surface area contributed by atoms with Gasteiger partial charge in [0.05, 0.1) is 0 Å². The molecule has 0 bridgehead atoms. The molecule has 2 N–H and O–H groups in total. The Hall–Kier alpha value is -0.0800. The number of hydrogen-bond acceptors (Lipinski definition) is 2. The van der Waals surface area contributed by atoms with E-state index in [1.54, 1.807) is 0 Å². The Morgan fingerprint density at radius 3 is 2.29 bits per heavy atom. The van der Waals surface area contributed by atoms with E-state index in [1.165, 1.54) is 12.8 Å². The van der Waals surface area contributed by atoms with Crippen LogP contribution in [0.25, 0.3) is 0 Å². The predicted octanol–water partition coefficient (Wildman–Crippen LogP) is 2.81. The minimum atomic E-state index is 0.308. The first-order valence-electron chi connectivity index (χ1n) is 5.80. The Labute approximate surface area is 89.2 Å². The lowest BCUT2D eigenvalue weighted by Crippen LogP contribution is -2.29. The molecule has 86 valence electrons. The zero-order valence-corrected chi connectivity index (χ0v) is 10.3. The maximum atomic E-state index is 5.74. The highest BCUT2D eigenvalue weighted by Gasteiger charge is 2.22. The molecule has 0 saturated carbocycles. The van der Waals surface area contributed by atoms with Crippen LogP contribution in [0.5, 0.6) is 0 Å². The molecule has 0 rings (SSSR count). The van der Waals surface area contributed by atoms with E-state index in [0.717, 1.165) is 26.2 Å². The lowest BCUT2D eigenvalue weighted by Gasteiger charge is -2.29. The van der Waals surface area contributed by atoms with Crippen LogP contribution >= 0.6 is 0 Å². The van der Waals surface area contributed by atoms with E-state index in [1.807, 2.05) is 0 Å². The number of unbranched alkanes of at least 4 members (excludes halogenated alkanes) is 1. The first-order valence-corrected chi connectivity index (χ1v) is 5.80. The molecule has 0 aromatic rings. The van der Waals surface area contributed by atoms with E-state index >= 15 is 0 Å². The third kappa shape index (κ3) is 6.39. The summed E-state index contributed by atoms with van der Waals surface area (Å²) in [7, 11) is 0. The fourth-order valence-corrected chi connectivity index (χ4v) is 1.48. The zero-order valence-electron chi connectivity index (χ0n) is 10.3. The van der Waals surface area contributed by atoms with E-state index in [-0.39, 0.29) is 0 Å². The van der Waals surface area contributed by atoms with Gasteiger partial charge in [0.25, 0.3) is 0 Å². The second-order valence-corrected chi connectivity index (χ2v) is 5.05. The molecule has 0 heterocycles. The topological polar surface area (TPSA) is 35.2 Å². The molecule has 14 heavy (non-hydrogen) atoms. The van der Waals surface area contributed by atoms with Crippen LogP contribution in [0.4, 0.5) is 0 Å². The number of ether oxygens (including phenoxy) is 1. The van der Waals surface area contributed by atoms with Crippen LogP contribution in [-0.4, -0.2) is 19.8 Å². The van der Waals surface area contributed by atoms with Gasteiger partial charge in [-0.1, -0.05) is 34.1 Å². The van der Waals surface area contributed by atoms with Crippen LogP contribution in [0.15, 0.2) is 0 Å². The Bertz CT molecular complexity index is 129. The van der Waals surface area contributed by atoms with E-state index in [4.69, 9.17) is 10.5 Å². The van der Waals surface area contributed by atoms with Crippen molar-refractivity contribution in [2.24, 2.45) is 17.1 Å². The molecule has 2 nitrogen and oxygen atoms in total. The molecule has 0 aromatic heterocycles. The van der Waals surface area contributed by atoms with Gasteiger partial charge in [0.15, 0.2) is 0 Å². The monoisotopic (exact) mass is 201 g/mol. The first-order chi connectivity index (χ1) is 6.52. The number of nitrogens with two attached hydrogens (primary N) is 1. The summed E-state index contributed by atoms with van der Waals surface area (Å²) < 4.78 is 5.55. The summed E-state index contributed by atoms with van der Waals surface area (Å²) in [5.74, 6) is 0.573. The highest BCUT2D eigenvalue weighted by atomic mass is 16.5. The summed E-state index contributed by atoms with van der Waals surface area (Å²) in [5, 5.41) is 0. The smallest absolute Gasteiger partial charge is 0.0469 e. The minimum Gasteiger partial charge on any atom is -0.381 e. The van der Waals surface area contributed by atoms with Crippen molar-refractivity contribution in [2.45, 2.75) is 47.0 Å². The Balaban J connectivity index is 3.54. The van der Waals surface area contributed by atoms with Gasteiger partial charge in [-0.3, -0.25) is 0 Å². The molecule has 0 saturated heterocycles. The van der Waals surface area contributed by atoms with Crippen LogP contribution in [0.3, 0.4) is 0 Å². The van der Waals surface area contributed by atoms with Crippen molar-refractivity contribution in [3.8, 4) is 0 Å². The molecular formula is C12H27NO. The van der Waals surface area contributed by atoms with Crippen LogP contribution in [-0.2, 0) is 4.74 Å². The summed E-state index contributed by atoms with van der Waals surface area (Å²) in [6.45, 7) is 11.4. The normalized spacial score (nSPS) is 14.4. The summed E-state index contributed by atoms with van der Waals surface area (Å²) in [6, 6.07) is 0. The molecule has 0 aliphatic heterocycles. The van der Waals surface area contributed by atoms with Gasteiger partial charge in [0.1, 0.15) is 0 Å². The Kier molecular flexibility index (Phi) is 7.20. The van der Waals surface area contributed by atoms with Crippen LogP contribution in [0.2, 0.25) is 0 Å². The van der Waals surface area contributed by atoms with E-state index in [2.05, 4.69) is 27.7 Å². The average Bonchev–Trinajstić information content (AvgIpc) is 2.09. The quantitative estimate of drug-likeness (QED) is 0.643. The molecule has 1 atom stereocenters. The highest BCUT2D eigenvalue weighted by molar-refractivity contribution is 4.74. The largest absolute Gasteiger partial charge is 0.381 e. The fourth-order valence-electron chi connectivity index (χ4n) is 1.48. The fraction of sp³-hybridized carbons (Fsp3) is 1.00. The van der Waals surface area contributed by atoms with Gasteiger partial charge in [0, 0.05) is 13.2 Å². The van der Waals surface area contributed by atoms with Gasteiger partial charge < -0.3 is 10.5 Å². The zero-order chi connectivity index (χ0) is 11.0. The molecule has 0 radical (unpaired) electrons. The molecule has 1 unspecified atom stereocenters. The van der Waals surface area contributed by atoms with Crippen molar-refractivity contribution in [2.75, 3.05) is 19.8 Å². The molecule has 2 heteroatoms. The van der Waals surface area contributed by atoms with Crippen molar-refractivity contribution in [1.29, 1.82) is 0 Å². The van der Waals surface area contributed by atoms with Gasteiger partial charge in [-0.15, -0.1) is 0 Å². The van der Waals surface area contributed by atoms with Crippen molar-refractivity contribution >= 4 is 0 Å². The second kappa shape index (κ2) is 7.24. The van der Waals surface area contributed by atoms with Crippen molar-refractivity contribution in [1.82, 2.24) is 0 Å². The van der Waals surface area contributed by atoms with Gasteiger partial charge >= 0.3 is 0 Å². The lowest BCUT2D eigenvalue weighted by molar-refractivity contribution is 0.0973. The standard InChI is InChI=1S/C12H27NO/c1-5-6-8-14-9-7-11(10-13)12(2,3)4/h11H,5-10,13H2,1-4H3. The molecule has 0 aromatic carbocycles. The van der Waals surface area contributed by atoms with Gasteiger partial charge in [-0.05, 0) is 30.7 Å². The first kappa shape index (κ1) is 13.9. The summed E-state index contributed by atoms with van der Waals surface area (Å²) in [4.78, 5) is 0. The SMILES string of the molecule is CCCCOCCC(CN)C(C)(C)C. The van der Waals surface area contributed by atoms with E-state index in [9.17, 15) is 0 Å². The van der Waals surface area contributed by atoms with E-state index < -0.39 is 0 Å². The number of rotatable bonds is 7. The maximum Gasteiger partial charge on any atom is 0.0469 e. The minimum absolute atomic E-state index is 0.308. The molecule has 0 spiro atoms. The summed E-state index contributed by atoms with van der Waals surface area (Å²) in [6.07, 6.45) is 3.46. The van der Waals surface area contributed by atoms with Crippen LogP contribution in [0.1, 0.15) is 47.0 Å². The van der Waals surface area contributed by atoms with Crippen LogP contribution < -0.4 is 5.73 Å². The van der Waals surface area contributed by atoms with Gasteiger partial charge in [-0.2, -0.15) is 0 Å². The molecule has 0 amide bonds.